The summed E-state index contributed by atoms with van der Waals surface area (Å²) in [7, 11) is 1.49. The van der Waals surface area contributed by atoms with Crippen molar-refractivity contribution in [1.29, 1.82) is 0 Å². The number of ether oxygens (including phenoxy) is 1. The van der Waals surface area contributed by atoms with Crippen LogP contribution in [0.3, 0.4) is 0 Å². The van der Waals surface area contributed by atoms with E-state index in [-0.39, 0.29) is 25.1 Å². The predicted octanol–water partition coefficient (Wildman–Crippen LogP) is 20.1. The zero-order chi connectivity index (χ0) is 55.7. The quantitative estimate of drug-likeness (QED) is 0.0205. The normalized spacial score (nSPS) is 13.9. The number of nitrogens with one attached hydrogen (secondary N) is 1. The van der Waals surface area contributed by atoms with E-state index >= 15 is 0 Å². The van der Waals surface area contributed by atoms with Gasteiger partial charge in [-0.3, -0.25) is 18.6 Å². The molecule has 0 saturated carbocycles. The number of esters is 1. The first kappa shape index (κ1) is 74.0. The fourth-order valence-corrected chi connectivity index (χ4v) is 10.3. The molecule has 1 amide bonds. The first-order valence-electron chi connectivity index (χ1n) is 32.5. The first-order valence-corrected chi connectivity index (χ1v) is 34.0. The van der Waals surface area contributed by atoms with Crippen LogP contribution < -0.4 is 5.32 Å². The summed E-state index contributed by atoms with van der Waals surface area (Å²) in [4.78, 5) is 37.8. The molecule has 10 heteroatoms. The molecule has 0 bridgehead atoms. The van der Waals surface area contributed by atoms with Gasteiger partial charge in [0.2, 0.25) is 5.91 Å². The zero-order valence-corrected chi connectivity index (χ0v) is 51.9. The van der Waals surface area contributed by atoms with Gasteiger partial charge in [-0.15, -0.1) is 0 Å². The van der Waals surface area contributed by atoms with Crippen molar-refractivity contribution in [3.63, 3.8) is 0 Å². The van der Waals surface area contributed by atoms with E-state index in [1.165, 1.54) is 186 Å². The molecule has 446 valence electrons. The third-order valence-corrected chi connectivity index (χ3v) is 15.5. The minimum Gasteiger partial charge on any atom is -0.456 e. The van der Waals surface area contributed by atoms with Crippen molar-refractivity contribution >= 4 is 19.7 Å². The van der Waals surface area contributed by atoms with Crippen LogP contribution in [0.2, 0.25) is 0 Å². The van der Waals surface area contributed by atoms with Gasteiger partial charge in [-0.25, -0.2) is 4.57 Å². The minimum atomic E-state index is -4.45. The molecule has 0 saturated heterocycles. The second-order valence-corrected chi connectivity index (χ2v) is 24.7. The lowest BCUT2D eigenvalue weighted by Gasteiger charge is -2.27. The number of unbranched alkanes of at least 4 members (excludes halogenated alkanes) is 37. The van der Waals surface area contributed by atoms with Crippen molar-refractivity contribution in [3.05, 3.63) is 48.6 Å². The Morgan fingerprint density at radius 3 is 1.26 bits per heavy atom. The highest BCUT2D eigenvalue weighted by Gasteiger charge is 2.30. The monoisotopic (exact) mass is 1090 g/mol. The lowest BCUT2D eigenvalue weighted by atomic mass is 10.0. The lowest BCUT2D eigenvalue weighted by molar-refractivity contribution is -0.870. The van der Waals surface area contributed by atoms with Gasteiger partial charge < -0.3 is 19.4 Å². The number of allylic oxidation sites excluding steroid dienone is 7. The van der Waals surface area contributed by atoms with E-state index in [9.17, 15) is 19.0 Å². The fourth-order valence-electron chi connectivity index (χ4n) is 9.55. The first-order chi connectivity index (χ1) is 36.9. The molecule has 0 radical (unpaired) electrons. The predicted molar refractivity (Wildman–Crippen MR) is 328 cm³/mol. The van der Waals surface area contributed by atoms with Crippen LogP contribution >= 0.6 is 7.82 Å². The molecule has 3 atom stereocenters. The number of amides is 1. The van der Waals surface area contributed by atoms with Gasteiger partial charge in [-0.1, -0.05) is 282 Å². The highest BCUT2D eigenvalue weighted by Crippen LogP contribution is 2.43. The Bertz CT molecular complexity index is 1440. The number of nitrogens with zero attached hydrogens (tertiary/aromatic N) is 1. The number of phosphoric ester groups is 1. The van der Waals surface area contributed by atoms with Crippen LogP contribution in [-0.2, 0) is 27.9 Å². The van der Waals surface area contributed by atoms with Gasteiger partial charge in [0.15, 0.2) is 0 Å². The van der Waals surface area contributed by atoms with Gasteiger partial charge in [-0.2, -0.15) is 0 Å². The maximum absolute atomic E-state index is 13.5. The number of hydrogen-bond donors (Lipinski definition) is 2. The molecule has 9 nitrogen and oxygen atoms in total. The molecular formula is C66H126N2O7P+. The van der Waals surface area contributed by atoms with E-state index in [2.05, 4.69) is 62.5 Å². The molecule has 0 rings (SSSR count). The highest BCUT2D eigenvalue weighted by molar-refractivity contribution is 7.47. The van der Waals surface area contributed by atoms with Gasteiger partial charge in [0.25, 0.3) is 0 Å². The summed E-state index contributed by atoms with van der Waals surface area (Å²) in [5.74, 6) is -0.507. The highest BCUT2D eigenvalue weighted by atomic mass is 31.2. The molecule has 0 aliphatic rings. The summed E-state index contributed by atoms with van der Waals surface area (Å²) >= 11 is 0. The molecule has 0 aromatic carbocycles. The lowest BCUT2D eigenvalue weighted by Crippen LogP contribution is -2.47. The Kier molecular flexibility index (Phi) is 54.7. The van der Waals surface area contributed by atoms with Crippen LogP contribution in [0.15, 0.2) is 48.6 Å². The van der Waals surface area contributed by atoms with Crippen molar-refractivity contribution in [2.24, 2.45) is 0 Å². The number of quaternary nitrogens is 1. The van der Waals surface area contributed by atoms with Crippen molar-refractivity contribution in [2.45, 2.75) is 322 Å². The average Bonchev–Trinajstić information content (AvgIpc) is 3.38. The van der Waals surface area contributed by atoms with Crippen molar-refractivity contribution in [3.8, 4) is 0 Å². The third kappa shape index (κ3) is 56.7. The van der Waals surface area contributed by atoms with Crippen LogP contribution in [0.1, 0.15) is 310 Å². The molecule has 76 heavy (non-hydrogen) atoms. The Labute approximate surface area is 471 Å². The maximum Gasteiger partial charge on any atom is 0.472 e. The van der Waals surface area contributed by atoms with Gasteiger partial charge >= 0.3 is 13.8 Å². The second-order valence-electron chi connectivity index (χ2n) is 23.3. The summed E-state index contributed by atoms with van der Waals surface area (Å²) in [5, 5.41) is 3.06. The maximum atomic E-state index is 13.5. The Morgan fingerprint density at radius 1 is 0.474 bits per heavy atom. The summed E-state index contributed by atoms with van der Waals surface area (Å²) < 4.78 is 30.7. The van der Waals surface area contributed by atoms with Gasteiger partial charge in [-0.05, 0) is 63.9 Å². The fraction of sp³-hybridized carbons (Fsp3) is 0.848. The Morgan fingerprint density at radius 2 is 0.842 bits per heavy atom. The van der Waals surface area contributed by atoms with Crippen LogP contribution in [0, 0.1) is 0 Å². The van der Waals surface area contributed by atoms with E-state index in [1.807, 2.05) is 33.3 Å². The summed E-state index contributed by atoms with van der Waals surface area (Å²) in [6.07, 6.45) is 69.7. The zero-order valence-electron chi connectivity index (χ0n) is 51.0. The standard InChI is InChI=1S/C66H125N2O7P/c1-7-10-13-16-19-22-25-28-30-32-33-34-35-36-38-41-44-47-50-53-56-59-66(70)75-64(57-54-51-48-45-42-39-27-24-21-18-15-12-9-3)63(62-74-76(71,72)73-61-60-68(4,5)6)67-65(69)58-55-52-49-46-43-40-37-31-29-26-23-20-17-14-11-8-2/h11,14,20,23,29,31,54,57,63-64H,7-10,12-13,15-19,21-22,24-28,30,32-53,55-56,58-62H2,1-6H3,(H-,67,69,71,72)/p+1/b14-11+,23-20+,31-29+,57-54+. The average molecular weight is 1090 g/mol. The number of likely N-dealkylation sites (N-methyl/N-ethyl adjacent to an activating group) is 1. The summed E-state index contributed by atoms with van der Waals surface area (Å²) in [6.45, 7) is 6.93. The molecule has 0 fully saturated rings. The van der Waals surface area contributed by atoms with Gasteiger partial charge in [0.05, 0.1) is 33.8 Å². The van der Waals surface area contributed by atoms with Gasteiger partial charge in [0, 0.05) is 12.8 Å². The molecule has 3 unspecified atom stereocenters. The summed E-state index contributed by atoms with van der Waals surface area (Å²) in [6, 6.07) is -0.853. The van der Waals surface area contributed by atoms with Crippen molar-refractivity contribution in [1.82, 2.24) is 5.32 Å². The number of phosphoric acid groups is 1. The smallest absolute Gasteiger partial charge is 0.456 e. The molecule has 0 aliphatic carbocycles. The van der Waals surface area contributed by atoms with Crippen LogP contribution in [0.4, 0.5) is 0 Å². The number of hydrogen-bond acceptors (Lipinski definition) is 6. The van der Waals surface area contributed by atoms with E-state index in [1.54, 1.807) is 0 Å². The topological polar surface area (TPSA) is 111 Å². The van der Waals surface area contributed by atoms with E-state index < -0.39 is 20.0 Å². The van der Waals surface area contributed by atoms with Crippen molar-refractivity contribution < 1.29 is 37.3 Å². The second kappa shape index (κ2) is 56.3. The van der Waals surface area contributed by atoms with E-state index in [0.717, 1.165) is 89.9 Å². The van der Waals surface area contributed by atoms with E-state index in [0.29, 0.717) is 23.9 Å². The van der Waals surface area contributed by atoms with Crippen LogP contribution in [0.25, 0.3) is 0 Å². The summed E-state index contributed by atoms with van der Waals surface area (Å²) in [5.41, 5.74) is 0. The third-order valence-electron chi connectivity index (χ3n) is 14.5. The minimum absolute atomic E-state index is 0.0385. The Hall–Kier alpha value is -2.03. The molecule has 0 spiro atoms. The molecule has 2 N–H and O–H groups in total. The SMILES string of the molecule is CC/C=C/C/C=C/C/C=C/CCCCCCCCC(=O)NC(COP(=O)(O)OCC[N+](C)(C)C)C(/C=C/CCCCCCCCCCCCC)OC(=O)CCCCCCCCCCCCCCCCCCCCCCC. The Balaban J connectivity index is 5.20. The largest absolute Gasteiger partial charge is 0.472 e. The number of carbonyl (C=O) groups excluding carboxylic acids is 2. The molecule has 0 aromatic heterocycles. The van der Waals surface area contributed by atoms with Crippen molar-refractivity contribution in [2.75, 3.05) is 40.9 Å². The molecule has 0 aliphatic heterocycles. The van der Waals surface area contributed by atoms with Gasteiger partial charge in [0.1, 0.15) is 19.3 Å². The van der Waals surface area contributed by atoms with Crippen LogP contribution in [0.5, 0.6) is 0 Å². The van der Waals surface area contributed by atoms with E-state index in [4.69, 9.17) is 13.8 Å². The van der Waals surface area contributed by atoms with Crippen LogP contribution in [-0.4, -0.2) is 74.3 Å². The number of carbonyl (C=O) groups is 2. The number of rotatable bonds is 59. The molecular weight excluding hydrogens is 964 g/mol. The molecule has 0 heterocycles. The molecule has 0 aromatic rings.